The Bertz CT molecular complexity index is 703. The molecule has 2 aliphatic heterocycles. The molecule has 1 aromatic rings. The van der Waals surface area contributed by atoms with Crippen molar-refractivity contribution in [1.29, 1.82) is 0 Å². The van der Waals surface area contributed by atoms with Gasteiger partial charge in [0.25, 0.3) is 5.91 Å². The Morgan fingerprint density at radius 3 is 2.25 bits per heavy atom. The summed E-state index contributed by atoms with van der Waals surface area (Å²) in [6.07, 6.45) is 0.846. The molecule has 126 valence electrons. The molecule has 0 bridgehead atoms. The van der Waals surface area contributed by atoms with Crippen LogP contribution in [0.4, 0.5) is 5.69 Å². The number of rotatable bonds is 2. The molecule has 7 nitrogen and oxygen atoms in total. The summed E-state index contributed by atoms with van der Waals surface area (Å²) in [4.78, 5) is 48.7. The molecule has 0 aliphatic carbocycles. The van der Waals surface area contributed by atoms with Gasteiger partial charge in [-0.05, 0) is 37.1 Å². The fraction of sp³-hybridized carbons (Fsp3) is 0.412. The number of ketones is 1. The number of carbonyl (C=O) groups excluding carboxylic acids is 4. The van der Waals surface area contributed by atoms with Crippen molar-refractivity contribution in [2.45, 2.75) is 31.7 Å². The maximum absolute atomic E-state index is 12.5. The van der Waals surface area contributed by atoms with E-state index in [1.807, 2.05) is 0 Å². The van der Waals surface area contributed by atoms with Crippen LogP contribution < -0.4 is 10.6 Å². The zero-order chi connectivity index (χ0) is 17.3. The predicted octanol–water partition coefficient (Wildman–Crippen LogP) is 0.709. The van der Waals surface area contributed by atoms with Gasteiger partial charge >= 0.3 is 0 Å². The number of hydrogen-bond donors (Lipinski definition) is 2. The normalized spacial score (nSPS) is 19.3. The van der Waals surface area contributed by atoms with Crippen LogP contribution in [0.15, 0.2) is 24.3 Å². The summed E-state index contributed by atoms with van der Waals surface area (Å²) < 4.78 is 0. The summed E-state index contributed by atoms with van der Waals surface area (Å²) in [5.41, 5.74) is 0.390. The first kappa shape index (κ1) is 16.2. The van der Waals surface area contributed by atoms with Crippen molar-refractivity contribution in [3.63, 3.8) is 0 Å². The summed E-state index contributed by atoms with van der Waals surface area (Å²) in [7, 11) is 0. The first-order chi connectivity index (χ1) is 11.4. The molecule has 2 heterocycles. The van der Waals surface area contributed by atoms with Gasteiger partial charge in [-0.15, -0.1) is 0 Å². The number of amides is 3. The van der Waals surface area contributed by atoms with Crippen LogP contribution in [0.25, 0.3) is 0 Å². The van der Waals surface area contributed by atoms with E-state index in [9.17, 15) is 19.2 Å². The van der Waals surface area contributed by atoms with Crippen LogP contribution in [-0.2, 0) is 14.4 Å². The molecule has 1 aromatic carbocycles. The molecule has 0 aromatic heterocycles. The van der Waals surface area contributed by atoms with Crippen LogP contribution in [0, 0.1) is 0 Å². The molecule has 0 saturated carbocycles. The molecule has 7 heteroatoms. The van der Waals surface area contributed by atoms with Gasteiger partial charge in [-0.2, -0.15) is 0 Å². The van der Waals surface area contributed by atoms with Crippen LogP contribution in [0.5, 0.6) is 0 Å². The summed E-state index contributed by atoms with van der Waals surface area (Å²) in [5, 5.41) is 5.43. The molecule has 0 unspecified atom stereocenters. The second-order valence-electron chi connectivity index (χ2n) is 6.28. The van der Waals surface area contributed by atoms with Gasteiger partial charge < -0.3 is 15.5 Å². The van der Waals surface area contributed by atoms with Gasteiger partial charge in [-0.1, -0.05) is 0 Å². The number of piperidine rings is 1. The third kappa shape index (κ3) is 3.02. The predicted molar refractivity (Wildman–Crippen MR) is 86.4 cm³/mol. The highest BCUT2D eigenvalue weighted by Crippen LogP contribution is 2.29. The number of carbonyl (C=O) groups is 4. The lowest BCUT2D eigenvalue weighted by molar-refractivity contribution is -0.124. The number of nitrogens with zero attached hydrogens (tertiary/aromatic N) is 1. The minimum Gasteiger partial charge on any atom is -0.343 e. The van der Waals surface area contributed by atoms with E-state index < -0.39 is 5.54 Å². The van der Waals surface area contributed by atoms with Crippen LogP contribution in [0.1, 0.15) is 36.5 Å². The smallest absolute Gasteiger partial charge is 0.253 e. The molecule has 2 saturated heterocycles. The Hall–Kier alpha value is -2.70. The molecular formula is C17H19N3O4. The first-order valence-corrected chi connectivity index (χ1v) is 7.91. The number of nitrogens with one attached hydrogen (secondary N) is 2. The number of benzene rings is 1. The van der Waals surface area contributed by atoms with Crippen molar-refractivity contribution in [1.82, 2.24) is 10.2 Å². The highest BCUT2D eigenvalue weighted by molar-refractivity contribution is 6.10. The van der Waals surface area contributed by atoms with Crippen molar-refractivity contribution in [2.24, 2.45) is 0 Å². The first-order valence-electron chi connectivity index (χ1n) is 7.91. The van der Waals surface area contributed by atoms with E-state index in [0.29, 0.717) is 37.2 Å². The molecule has 0 atom stereocenters. The minimum absolute atomic E-state index is 0.0570. The SMILES string of the molecule is CC(=O)Nc1ccc(C(=O)N2CCC3(CC2)NC(=O)CC3=O)cc1. The molecule has 2 aliphatic rings. The summed E-state index contributed by atoms with van der Waals surface area (Å²) in [6, 6.07) is 6.70. The standard InChI is InChI=1S/C17H19N3O4/c1-11(21)18-13-4-2-12(3-5-13)16(24)20-8-6-17(7-9-20)14(22)10-15(23)19-17/h2-5H,6-10H2,1H3,(H,18,21)(H,19,23). The van der Waals surface area contributed by atoms with Crippen LogP contribution in [0.2, 0.25) is 0 Å². The van der Waals surface area contributed by atoms with Crippen LogP contribution in [0.3, 0.4) is 0 Å². The lowest BCUT2D eigenvalue weighted by atomic mass is 9.85. The molecule has 2 fully saturated rings. The van der Waals surface area contributed by atoms with Gasteiger partial charge in [0.1, 0.15) is 5.54 Å². The summed E-state index contributed by atoms with van der Waals surface area (Å²) in [6.45, 7) is 2.28. The highest BCUT2D eigenvalue weighted by atomic mass is 16.2. The Morgan fingerprint density at radius 1 is 1.12 bits per heavy atom. The molecule has 0 radical (unpaired) electrons. The maximum Gasteiger partial charge on any atom is 0.253 e. The largest absolute Gasteiger partial charge is 0.343 e. The van der Waals surface area contributed by atoms with E-state index in [0.717, 1.165) is 0 Å². The Kier molecular flexibility index (Phi) is 4.09. The fourth-order valence-electron chi connectivity index (χ4n) is 3.27. The lowest BCUT2D eigenvalue weighted by Gasteiger charge is -2.38. The van der Waals surface area contributed by atoms with E-state index in [1.165, 1.54) is 6.92 Å². The zero-order valence-electron chi connectivity index (χ0n) is 13.4. The van der Waals surface area contributed by atoms with Crippen molar-refractivity contribution >= 4 is 29.2 Å². The molecule has 2 N–H and O–H groups in total. The van der Waals surface area contributed by atoms with Crippen LogP contribution >= 0.6 is 0 Å². The number of hydrogen-bond acceptors (Lipinski definition) is 4. The molecule has 3 amide bonds. The molecular weight excluding hydrogens is 310 g/mol. The highest BCUT2D eigenvalue weighted by Gasteiger charge is 2.47. The van der Waals surface area contributed by atoms with Crippen molar-refractivity contribution in [3.8, 4) is 0 Å². The number of likely N-dealkylation sites (tertiary alicyclic amines) is 1. The summed E-state index contributed by atoms with van der Waals surface area (Å²) in [5.74, 6) is -0.581. The van der Waals surface area contributed by atoms with Gasteiger partial charge in [0.2, 0.25) is 11.8 Å². The van der Waals surface area contributed by atoms with Gasteiger partial charge in [0, 0.05) is 31.3 Å². The van der Waals surface area contributed by atoms with Crippen molar-refractivity contribution < 1.29 is 19.2 Å². The average Bonchev–Trinajstić information content (AvgIpc) is 2.81. The van der Waals surface area contributed by atoms with E-state index in [2.05, 4.69) is 10.6 Å². The van der Waals surface area contributed by atoms with Crippen molar-refractivity contribution in [3.05, 3.63) is 29.8 Å². The second kappa shape index (κ2) is 6.07. The van der Waals surface area contributed by atoms with E-state index in [1.54, 1.807) is 29.2 Å². The van der Waals surface area contributed by atoms with Gasteiger partial charge in [-0.3, -0.25) is 19.2 Å². The van der Waals surface area contributed by atoms with E-state index in [4.69, 9.17) is 0 Å². The molecule has 24 heavy (non-hydrogen) atoms. The summed E-state index contributed by atoms with van der Waals surface area (Å²) >= 11 is 0. The topological polar surface area (TPSA) is 95.6 Å². The van der Waals surface area contributed by atoms with Gasteiger partial charge in [0.05, 0.1) is 6.42 Å². The van der Waals surface area contributed by atoms with E-state index >= 15 is 0 Å². The average molecular weight is 329 g/mol. The third-order valence-electron chi connectivity index (χ3n) is 4.59. The Labute approximate surface area is 139 Å². The fourth-order valence-corrected chi connectivity index (χ4v) is 3.27. The molecule has 3 rings (SSSR count). The second-order valence-corrected chi connectivity index (χ2v) is 6.28. The number of Topliss-reactive ketones (excluding diaryl/α,β-unsaturated/α-hetero) is 1. The van der Waals surface area contributed by atoms with Gasteiger partial charge in [-0.25, -0.2) is 0 Å². The minimum atomic E-state index is -0.775. The lowest BCUT2D eigenvalue weighted by Crippen LogP contribution is -2.55. The number of anilines is 1. The van der Waals surface area contributed by atoms with Crippen LogP contribution in [-0.4, -0.2) is 47.0 Å². The zero-order valence-corrected chi connectivity index (χ0v) is 13.4. The molecule has 1 spiro atoms. The monoisotopic (exact) mass is 329 g/mol. The third-order valence-corrected chi connectivity index (χ3v) is 4.59. The van der Waals surface area contributed by atoms with Gasteiger partial charge in [0.15, 0.2) is 5.78 Å². The van der Waals surface area contributed by atoms with Crippen molar-refractivity contribution in [2.75, 3.05) is 18.4 Å². The van der Waals surface area contributed by atoms with E-state index in [-0.39, 0.29) is 29.9 Å². The Balaban J connectivity index is 1.64. The Morgan fingerprint density at radius 2 is 1.75 bits per heavy atom. The maximum atomic E-state index is 12.5. The quantitative estimate of drug-likeness (QED) is 0.781.